The van der Waals surface area contributed by atoms with Gasteiger partial charge in [0.05, 0.1) is 5.02 Å². The van der Waals surface area contributed by atoms with E-state index in [9.17, 15) is 18.3 Å². The normalized spacial score (nSPS) is 12.5. The molecule has 1 nitrogen and oxygen atoms in total. The van der Waals surface area contributed by atoms with Gasteiger partial charge in [-0.2, -0.15) is 0 Å². The van der Waals surface area contributed by atoms with E-state index in [0.717, 1.165) is 18.2 Å². The molecule has 0 aliphatic heterocycles. The summed E-state index contributed by atoms with van der Waals surface area (Å²) in [4.78, 5) is 0. The molecule has 0 radical (unpaired) electrons. The highest BCUT2D eigenvalue weighted by molar-refractivity contribution is 6.31. The molecule has 0 spiro atoms. The van der Waals surface area contributed by atoms with Crippen molar-refractivity contribution in [3.05, 3.63) is 69.5 Å². The van der Waals surface area contributed by atoms with Gasteiger partial charge >= 0.3 is 0 Å². The van der Waals surface area contributed by atoms with E-state index in [-0.39, 0.29) is 21.7 Å². The maximum absolute atomic E-state index is 13.7. The van der Waals surface area contributed by atoms with Crippen LogP contribution >= 0.6 is 11.6 Å². The highest BCUT2D eigenvalue weighted by Crippen LogP contribution is 2.32. The first-order valence-electron chi connectivity index (χ1n) is 5.49. The van der Waals surface area contributed by atoms with Gasteiger partial charge in [0.15, 0.2) is 0 Å². The summed E-state index contributed by atoms with van der Waals surface area (Å²) in [5, 5.41) is 9.73. The zero-order valence-corrected chi connectivity index (χ0v) is 10.7. The number of halogens is 4. The average Bonchev–Trinajstić information content (AvgIpc) is 2.36. The summed E-state index contributed by atoms with van der Waals surface area (Å²) in [6.45, 7) is 1.41. The van der Waals surface area contributed by atoms with E-state index in [4.69, 9.17) is 11.6 Å². The fraction of sp³-hybridized carbons (Fsp3) is 0.143. The molecule has 0 heterocycles. The van der Waals surface area contributed by atoms with E-state index in [0.29, 0.717) is 0 Å². The van der Waals surface area contributed by atoms with Crippen LogP contribution in [0, 0.1) is 24.4 Å². The Labute approximate surface area is 113 Å². The molecule has 19 heavy (non-hydrogen) atoms. The summed E-state index contributed by atoms with van der Waals surface area (Å²) in [7, 11) is 0. The van der Waals surface area contributed by atoms with Gasteiger partial charge in [0.25, 0.3) is 0 Å². The van der Waals surface area contributed by atoms with Crippen LogP contribution in [0.2, 0.25) is 5.02 Å². The van der Waals surface area contributed by atoms with Crippen molar-refractivity contribution in [3.63, 3.8) is 0 Å². The van der Waals surface area contributed by atoms with Crippen LogP contribution in [0.1, 0.15) is 22.8 Å². The molecule has 0 aromatic heterocycles. The molecule has 100 valence electrons. The molecule has 0 saturated heterocycles. The Balaban J connectivity index is 2.53. The second-order valence-corrected chi connectivity index (χ2v) is 4.55. The first kappa shape index (κ1) is 13.9. The van der Waals surface area contributed by atoms with Crippen molar-refractivity contribution in [1.82, 2.24) is 0 Å². The Morgan fingerprint density at radius 2 is 1.68 bits per heavy atom. The predicted molar refractivity (Wildman–Crippen MR) is 66.6 cm³/mol. The van der Waals surface area contributed by atoms with Crippen LogP contribution in [0.15, 0.2) is 30.3 Å². The molecule has 0 bridgehead atoms. The molecule has 0 aliphatic rings. The third-order valence-corrected chi connectivity index (χ3v) is 3.25. The van der Waals surface area contributed by atoms with Crippen molar-refractivity contribution >= 4 is 11.6 Å². The lowest BCUT2D eigenvalue weighted by atomic mass is 9.99. The van der Waals surface area contributed by atoms with E-state index in [1.54, 1.807) is 0 Å². The van der Waals surface area contributed by atoms with Gasteiger partial charge in [0, 0.05) is 11.1 Å². The minimum Gasteiger partial charge on any atom is -0.383 e. The van der Waals surface area contributed by atoms with Gasteiger partial charge in [-0.3, -0.25) is 0 Å². The van der Waals surface area contributed by atoms with Gasteiger partial charge in [-0.1, -0.05) is 23.7 Å². The Morgan fingerprint density at radius 1 is 1.00 bits per heavy atom. The van der Waals surface area contributed by atoms with Gasteiger partial charge in [-0.15, -0.1) is 0 Å². The van der Waals surface area contributed by atoms with Crippen molar-refractivity contribution < 1.29 is 18.3 Å². The van der Waals surface area contributed by atoms with Crippen LogP contribution < -0.4 is 0 Å². The molecule has 1 atom stereocenters. The number of aliphatic hydroxyl groups excluding tert-OH is 1. The first-order valence-corrected chi connectivity index (χ1v) is 5.87. The molecule has 0 saturated carbocycles. The number of aliphatic hydroxyl groups is 1. The summed E-state index contributed by atoms with van der Waals surface area (Å²) in [5.41, 5.74) is -0.168. The average molecular weight is 287 g/mol. The maximum atomic E-state index is 13.7. The maximum Gasteiger partial charge on any atom is 0.142 e. The molecule has 0 amide bonds. The van der Waals surface area contributed by atoms with Crippen LogP contribution in [-0.2, 0) is 0 Å². The lowest BCUT2D eigenvalue weighted by Gasteiger charge is -2.15. The fourth-order valence-electron chi connectivity index (χ4n) is 1.77. The highest BCUT2D eigenvalue weighted by atomic mass is 35.5. The standard InChI is InChI=1S/C14H10ClF3O/c1-7-5-12(18)9(6-11(7)17)14(19)8-3-2-4-10(16)13(8)15/h2-6,14,19H,1H3. The number of aryl methyl sites for hydroxylation is 1. The quantitative estimate of drug-likeness (QED) is 0.879. The number of rotatable bonds is 2. The third-order valence-electron chi connectivity index (χ3n) is 2.85. The number of hydrogen-bond donors (Lipinski definition) is 1. The Kier molecular flexibility index (Phi) is 3.83. The van der Waals surface area contributed by atoms with Crippen LogP contribution in [-0.4, -0.2) is 5.11 Å². The fourth-order valence-corrected chi connectivity index (χ4v) is 2.00. The number of benzene rings is 2. The van der Waals surface area contributed by atoms with E-state index in [1.807, 2.05) is 0 Å². The molecular formula is C14H10ClF3O. The van der Waals surface area contributed by atoms with Gasteiger partial charge in [0.2, 0.25) is 0 Å². The first-order chi connectivity index (χ1) is 8.91. The molecule has 2 aromatic carbocycles. The van der Waals surface area contributed by atoms with Gasteiger partial charge in [-0.05, 0) is 30.7 Å². The summed E-state index contributed by atoms with van der Waals surface area (Å²) in [5.74, 6) is -2.15. The smallest absolute Gasteiger partial charge is 0.142 e. The van der Waals surface area contributed by atoms with Crippen molar-refractivity contribution in [2.45, 2.75) is 13.0 Å². The van der Waals surface area contributed by atoms with E-state index in [2.05, 4.69) is 0 Å². The van der Waals surface area contributed by atoms with Crippen molar-refractivity contribution in [2.24, 2.45) is 0 Å². The summed E-state index contributed by atoms with van der Waals surface area (Å²) < 4.78 is 40.5. The molecule has 2 rings (SSSR count). The van der Waals surface area contributed by atoms with Gasteiger partial charge < -0.3 is 5.11 Å². The zero-order valence-electron chi connectivity index (χ0n) is 9.92. The topological polar surface area (TPSA) is 20.2 Å². The number of hydrogen-bond acceptors (Lipinski definition) is 1. The van der Waals surface area contributed by atoms with Gasteiger partial charge in [-0.25, -0.2) is 13.2 Å². The second kappa shape index (κ2) is 5.23. The molecule has 5 heteroatoms. The SMILES string of the molecule is Cc1cc(F)c(C(O)c2cccc(F)c2Cl)cc1F. The van der Waals surface area contributed by atoms with E-state index >= 15 is 0 Å². The Bertz CT molecular complexity index is 628. The molecule has 2 aromatic rings. The highest BCUT2D eigenvalue weighted by Gasteiger charge is 2.20. The monoisotopic (exact) mass is 286 g/mol. The van der Waals surface area contributed by atoms with Crippen molar-refractivity contribution in [1.29, 1.82) is 0 Å². The Hall–Kier alpha value is -1.52. The van der Waals surface area contributed by atoms with Crippen LogP contribution in [0.3, 0.4) is 0 Å². The van der Waals surface area contributed by atoms with Crippen LogP contribution in [0.25, 0.3) is 0 Å². The minimum absolute atomic E-state index is 0.0104. The lowest BCUT2D eigenvalue weighted by Crippen LogP contribution is -2.05. The molecular weight excluding hydrogens is 277 g/mol. The summed E-state index contributed by atoms with van der Waals surface area (Å²) in [6, 6.07) is 5.66. The van der Waals surface area contributed by atoms with Crippen LogP contribution in [0.5, 0.6) is 0 Å². The Morgan fingerprint density at radius 3 is 2.37 bits per heavy atom. The molecule has 0 aliphatic carbocycles. The molecule has 0 fully saturated rings. The summed E-state index contributed by atoms with van der Waals surface area (Å²) in [6.07, 6.45) is -1.53. The van der Waals surface area contributed by atoms with Crippen molar-refractivity contribution in [2.75, 3.05) is 0 Å². The van der Waals surface area contributed by atoms with E-state index < -0.39 is 23.6 Å². The molecule has 1 N–H and O–H groups in total. The van der Waals surface area contributed by atoms with E-state index in [1.165, 1.54) is 19.1 Å². The van der Waals surface area contributed by atoms with Crippen LogP contribution in [0.4, 0.5) is 13.2 Å². The van der Waals surface area contributed by atoms with Crippen molar-refractivity contribution in [3.8, 4) is 0 Å². The lowest BCUT2D eigenvalue weighted by molar-refractivity contribution is 0.214. The largest absolute Gasteiger partial charge is 0.383 e. The third kappa shape index (κ3) is 2.60. The summed E-state index contributed by atoms with van der Waals surface area (Å²) >= 11 is 5.71. The second-order valence-electron chi connectivity index (χ2n) is 4.17. The van der Waals surface area contributed by atoms with Gasteiger partial charge in [0.1, 0.15) is 23.6 Å². The zero-order chi connectivity index (χ0) is 14.2. The predicted octanol–water partition coefficient (Wildman–Crippen LogP) is 4.15. The molecule has 1 unspecified atom stereocenters. The minimum atomic E-state index is -1.53.